The first-order valence-electron chi connectivity index (χ1n) is 31.2. The lowest BCUT2D eigenvalue weighted by molar-refractivity contribution is -0.390. The van der Waals surface area contributed by atoms with Crippen LogP contribution in [0.15, 0.2) is 23.8 Å². The minimum absolute atomic E-state index is 0.0287. The van der Waals surface area contributed by atoms with Gasteiger partial charge in [-0.2, -0.15) is 0 Å². The lowest BCUT2D eigenvalue weighted by Crippen LogP contribution is -2.66. The van der Waals surface area contributed by atoms with Crippen molar-refractivity contribution in [2.75, 3.05) is 33.5 Å². The summed E-state index contributed by atoms with van der Waals surface area (Å²) in [6.45, 7) is 17.3. The topological polar surface area (TPSA) is 397 Å². The van der Waals surface area contributed by atoms with E-state index >= 15 is 0 Å². The second-order valence-corrected chi connectivity index (χ2v) is 27.9. The lowest BCUT2D eigenvalue weighted by Gasteiger charge is -2.64. The summed E-state index contributed by atoms with van der Waals surface area (Å²) in [5.41, 5.74) is -0.808. The Hall–Kier alpha value is -2.50. The van der Waals surface area contributed by atoms with E-state index < -0.39 is 208 Å². The summed E-state index contributed by atoms with van der Waals surface area (Å²) in [6.07, 6.45) is -29.8. The van der Waals surface area contributed by atoms with E-state index in [0.717, 1.165) is 24.8 Å². The number of aliphatic hydroxyl groups excluding tert-OH is 12. The van der Waals surface area contributed by atoms with E-state index in [0.29, 0.717) is 38.5 Å². The summed E-state index contributed by atoms with van der Waals surface area (Å²) < 4.78 is 78.2. The molecule has 12 N–H and O–H groups in total. The van der Waals surface area contributed by atoms with E-state index in [1.165, 1.54) is 26.5 Å². The molecular formula is C61H96O27. The SMILES string of the molecule is C=C(C)CC(CC1(C)OC(=O)C23CCC4C(=CCC5C(C)(C)C(OC6OCC(OC7OC(CO)C(O)C(O)C7O)C(O)C6OC6OC(C)C(OC7OCC(O)C(OC8OC(CO)C(O)C(OC)C8O)C7O)C(O)C6O)CCC45C)C2(C)CCC13)OC(C)=O. The Morgan fingerprint density at radius 3 is 1.92 bits per heavy atom. The molecule has 6 aliphatic heterocycles. The van der Waals surface area contributed by atoms with Crippen LogP contribution in [0.25, 0.3) is 0 Å². The summed E-state index contributed by atoms with van der Waals surface area (Å²) >= 11 is 0. The lowest BCUT2D eigenvalue weighted by atomic mass is 9.41. The van der Waals surface area contributed by atoms with Gasteiger partial charge in [-0.25, -0.2) is 0 Å². The van der Waals surface area contributed by atoms with Gasteiger partial charge in [0.15, 0.2) is 31.5 Å². The van der Waals surface area contributed by atoms with Crippen LogP contribution in [0.3, 0.4) is 0 Å². The first-order chi connectivity index (χ1) is 41.4. The van der Waals surface area contributed by atoms with E-state index in [-0.39, 0.29) is 29.1 Å². The van der Waals surface area contributed by atoms with E-state index in [2.05, 4.69) is 40.3 Å². The maximum Gasteiger partial charge on any atom is 0.313 e. The monoisotopic (exact) mass is 1260 g/mol. The minimum atomic E-state index is -1.96. The number of ether oxygens (including phenoxy) is 13. The van der Waals surface area contributed by atoms with Gasteiger partial charge in [-0.05, 0) is 88.4 Å². The van der Waals surface area contributed by atoms with Crippen molar-refractivity contribution in [2.24, 2.45) is 39.4 Å². The van der Waals surface area contributed by atoms with E-state index in [4.69, 9.17) is 61.6 Å². The number of rotatable bonds is 18. The molecule has 4 aliphatic carbocycles. The minimum Gasteiger partial charge on any atom is -0.462 e. The van der Waals surface area contributed by atoms with Crippen molar-refractivity contribution in [1.29, 1.82) is 0 Å². The van der Waals surface area contributed by atoms with Crippen LogP contribution in [0.4, 0.5) is 0 Å². The van der Waals surface area contributed by atoms with Gasteiger partial charge >= 0.3 is 11.9 Å². The van der Waals surface area contributed by atoms with Gasteiger partial charge in [-0.3, -0.25) is 9.59 Å². The number of esters is 2. The third-order valence-corrected chi connectivity index (χ3v) is 22.2. The Morgan fingerprint density at radius 1 is 0.648 bits per heavy atom. The third-order valence-electron chi connectivity index (χ3n) is 22.2. The zero-order chi connectivity index (χ0) is 64.1. The van der Waals surface area contributed by atoms with Gasteiger partial charge < -0.3 is 123 Å². The van der Waals surface area contributed by atoms with Crippen molar-refractivity contribution in [3.8, 4) is 0 Å². The van der Waals surface area contributed by atoms with E-state index in [1.807, 2.05) is 13.8 Å². The van der Waals surface area contributed by atoms with Crippen LogP contribution in [-0.4, -0.2) is 266 Å². The fraction of sp³-hybridized carbons (Fsp3) is 0.902. The molecule has 32 unspecified atom stereocenters. The molecule has 10 rings (SSSR count). The highest BCUT2D eigenvalue weighted by atomic mass is 16.8. The molecule has 0 aromatic rings. The molecule has 27 nitrogen and oxygen atoms in total. The van der Waals surface area contributed by atoms with Gasteiger partial charge in [0.25, 0.3) is 0 Å². The summed E-state index contributed by atoms with van der Waals surface area (Å²) in [4.78, 5) is 26.9. The molecule has 0 radical (unpaired) electrons. The van der Waals surface area contributed by atoms with Crippen molar-refractivity contribution >= 4 is 11.9 Å². The molecule has 88 heavy (non-hydrogen) atoms. The quantitative estimate of drug-likeness (QED) is 0.0556. The molecular weight excluding hydrogens is 1160 g/mol. The number of cyclic esters (lactones) is 1. The third kappa shape index (κ3) is 11.8. The Labute approximate surface area is 512 Å². The molecule has 0 amide bonds. The van der Waals surface area contributed by atoms with E-state index in [1.54, 1.807) is 0 Å². The number of hydrogen-bond donors (Lipinski definition) is 12. The fourth-order valence-corrected chi connectivity index (χ4v) is 17.7. The molecule has 9 fully saturated rings. The molecule has 0 aromatic carbocycles. The highest BCUT2D eigenvalue weighted by Gasteiger charge is 2.76. The van der Waals surface area contributed by atoms with Crippen LogP contribution in [0.1, 0.15) is 113 Å². The summed E-state index contributed by atoms with van der Waals surface area (Å²) in [5, 5.41) is 132. The molecule has 27 heteroatoms. The normalized spacial score (nSPS) is 51.2. The van der Waals surface area contributed by atoms with Crippen molar-refractivity contribution in [3.63, 3.8) is 0 Å². The fourth-order valence-electron chi connectivity index (χ4n) is 17.7. The van der Waals surface area contributed by atoms with Gasteiger partial charge in [0.05, 0.1) is 44.1 Å². The van der Waals surface area contributed by atoms with Crippen LogP contribution in [0, 0.1) is 39.4 Å². The Bertz CT molecular complexity index is 2490. The van der Waals surface area contributed by atoms with Crippen LogP contribution in [0.5, 0.6) is 0 Å². The van der Waals surface area contributed by atoms with Gasteiger partial charge in [-0.1, -0.05) is 44.9 Å². The number of carbonyl (C=O) groups excluding carboxylic acids is 2. The number of methoxy groups -OCH3 is 1. The average Bonchev–Trinajstić information content (AvgIpc) is 1.45. The van der Waals surface area contributed by atoms with Crippen molar-refractivity contribution in [3.05, 3.63) is 23.8 Å². The predicted molar refractivity (Wildman–Crippen MR) is 298 cm³/mol. The molecule has 6 saturated heterocycles. The van der Waals surface area contributed by atoms with E-state index in [9.17, 15) is 70.9 Å². The standard InChI is InChI=1S/C61H96O27/c1-25(2)19-28(80-27(4)64)20-60(9)36-14-17-59(8)30-11-12-35-57(5,6)37(15-16-58(35,7)29(30)13-18-61(36,59)56(75)88-60)84-55-50(40(68)34(24-78-55)83-53-43(71)41(69)38(66)32(21-62)81-53)87-52-44(72)42(70)47(26(3)79-52)85-51-45(73)48(31(65)23-77-51)86-54-46(74)49(76-10)39(67)33(22-63)82-54/h11,26,28-29,31-55,62-63,65-74H,1,12-24H2,2-10H3. The molecule has 1 spiro atoms. The maximum atomic E-state index is 14.7. The second-order valence-electron chi connectivity index (χ2n) is 27.9. The van der Waals surface area contributed by atoms with Crippen molar-refractivity contribution < 1.29 is 132 Å². The van der Waals surface area contributed by atoms with Gasteiger partial charge in [0.2, 0.25) is 0 Å². The average molecular weight is 1260 g/mol. The predicted octanol–water partition coefficient (Wildman–Crippen LogP) is -1.38. The summed E-state index contributed by atoms with van der Waals surface area (Å²) in [7, 11) is 1.21. The van der Waals surface area contributed by atoms with Gasteiger partial charge in [0.1, 0.15) is 115 Å². The second kappa shape index (κ2) is 26.0. The van der Waals surface area contributed by atoms with Crippen LogP contribution < -0.4 is 0 Å². The molecule has 3 saturated carbocycles. The van der Waals surface area contributed by atoms with Crippen molar-refractivity contribution in [1.82, 2.24) is 0 Å². The summed E-state index contributed by atoms with van der Waals surface area (Å²) in [6, 6.07) is 0. The Balaban J connectivity index is 0.857. The first kappa shape index (κ1) is 68.4. The zero-order valence-electron chi connectivity index (χ0n) is 51.6. The number of carbonyl (C=O) groups is 2. The van der Waals surface area contributed by atoms with Crippen LogP contribution >= 0.6 is 0 Å². The highest BCUT2D eigenvalue weighted by Crippen LogP contribution is 2.76. The summed E-state index contributed by atoms with van der Waals surface area (Å²) in [5.74, 6) is -0.542. The molecule has 32 atom stereocenters. The molecule has 6 heterocycles. The number of fused-ring (bicyclic) bond motifs is 4. The van der Waals surface area contributed by atoms with Crippen LogP contribution in [-0.2, 0) is 71.2 Å². The molecule has 10 aliphatic rings. The molecule has 502 valence electrons. The number of hydrogen-bond acceptors (Lipinski definition) is 27. The smallest absolute Gasteiger partial charge is 0.313 e. The Kier molecular flexibility index (Phi) is 20.2. The zero-order valence-corrected chi connectivity index (χ0v) is 51.6. The first-order valence-corrected chi connectivity index (χ1v) is 31.2. The van der Waals surface area contributed by atoms with Crippen LogP contribution in [0.2, 0.25) is 0 Å². The number of allylic oxidation sites excluding steroid dienone is 2. The maximum absolute atomic E-state index is 14.7. The van der Waals surface area contributed by atoms with Crippen molar-refractivity contribution in [2.45, 2.75) is 272 Å². The van der Waals surface area contributed by atoms with Gasteiger partial charge in [-0.15, -0.1) is 6.58 Å². The molecule has 0 aromatic heterocycles. The Morgan fingerprint density at radius 2 is 1.26 bits per heavy atom. The highest BCUT2D eigenvalue weighted by molar-refractivity contribution is 5.83. The number of aliphatic hydroxyl groups is 12. The van der Waals surface area contributed by atoms with Gasteiger partial charge in [0, 0.05) is 38.2 Å². The molecule has 0 bridgehead atoms. The largest absolute Gasteiger partial charge is 0.462 e.